The molecule has 0 unspecified atom stereocenters. The third-order valence-corrected chi connectivity index (χ3v) is 8.68. The van der Waals surface area contributed by atoms with Gasteiger partial charge >= 0.3 is 0 Å². The van der Waals surface area contributed by atoms with Gasteiger partial charge in [-0.25, -0.2) is 4.98 Å². The van der Waals surface area contributed by atoms with Crippen molar-refractivity contribution < 1.29 is 12.6 Å². The summed E-state index contributed by atoms with van der Waals surface area (Å²) in [4.78, 5) is 9.80. The van der Waals surface area contributed by atoms with Gasteiger partial charge in [-0.1, -0.05) is 110 Å². The Balaban J connectivity index is 1.57. The molecule has 0 atom stereocenters. The number of nitrogens with zero attached hydrogens (tertiary/aromatic N) is 2. The molecule has 3 aromatic carbocycles. The van der Waals surface area contributed by atoms with Crippen molar-refractivity contribution in [3.63, 3.8) is 0 Å². The van der Waals surface area contributed by atoms with Crippen molar-refractivity contribution in [3.05, 3.63) is 107 Å². The van der Waals surface area contributed by atoms with Gasteiger partial charge in [0.1, 0.15) is 5.58 Å². The minimum atomic E-state index is -2.45. The van der Waals surface area contributed by atoms with Crippen LogP contribution in [0.4, 0.5) is 0 Å². The Morgan fingerprint density at radius 3 is 1.98 bits per heavy atom. The van der Waals surface area contributed by atoms with Crippen molar-refractivity contribution >= 4 is 22.1 Å². The van der Waals surface area contributed by atoms with Gasteiger partial charge < -0.3 is 4.42 Å². The summed E-state index contributed by atoms with van der Waals surface area (Å²) in [6, 6.07) is 25.3. The summed E-state index contributed by atoms with van der Waals surface area (Å²) >= 11 is 0. The van der Waals surface area contributed by atoms with Gasteiger partial charge in [-0.05, 0) is 94.0 Å². The largest absolute Gasteiger partial charge is 0.437 e. The van der Waals surface area contributed by atoms with Crippen LogP contribution in [-0.2, 0) is 0 Å². The predicted molar refractivity (Wildman–Crippen MR) is 191 cm³/mol. The number of aromatic nitrogens is 2. The first-order valence-corrected chi connectivity index (χ1v) is 15.8. The summed E-state index contributed by atoms with van der Waals surface area (Å²) in [5.74, 6) is -3.42. The Morgan fingerprint density at radius 2 is 1.36 bits per heavy atom. The number of fused-ring (bicyclic) bond motifs is 3. The molecule has 3 heteroatoms. The lowest BCUT2D eigenvalue weighted by Crippen LogP contribution is -2.15. The molecule has 0 amide bonds. The van der Waals surface area contributed by atoms with Gasteiger partial charge in [0.05, 0.1) is 11.4 Å². The van der Waals surface area contributed by atoms with Crippen LogP contribution in [0.15, 0.2) is 89.5 Å². The predicted octanol–water partition coefficient (Wildman–Crippen LogP) is 12.3. The van der Waals surface area contributed by atoms with Gasteiger partial charge in [-0.3, -0.25) is 4.98 Å². The van der Waals surface area contributed by atoms with E-state index in [-0.39, 0.29) is 17.4 Å². The lowest BCUT2D eigenvalue weighted by Gasteiger charge is -2.26. The molecule has 0 saturated heterocycles. The number of benzene rings is 3. The lowest BCUT2D eigenvalue weighted by atomic mass is 9.79. The molecule has 0 fully saturated rings. The van der Waals surface area contributed by atoms with Crippen molar-refractivity contribution in [1.82, 2.24) is 9.97 Å². The number of furan rings is 1. The van der Waals surface area contributed by atoms with E-state index in [1.807, 2.05) is 128 Å². The van der Waals surface area contributed by atoms with Gasteiger partial charge in [0.25, 0.3) is 0 Å². The van der Waals surface area contributed by atoms with Crippen LogP contribution in [0, 0.1) is 18.7 Å². The zero-order chi connectivity index (χ0) is 37.3. The molecule has 3 heterocycles. The molecule has 230 valence electrons. The summed E-state index contributed by atoms with van der Waals surface area (Å²) in [6.07, 6.45) is 1.56. The van der Waals surface area contributed by atoms with E-state index in [9.17, 15) is 4.11 Å². The SMILES string of the molecule is [2H]C([2H])([2H])c1cc(-c2cccc3c2oc2nc(-c4c(C([2H])(C)C)cc(-c5ccccc5)cc4C([2H])(C)C)ccc23)ncc1C([2H])(C(C)C)C(C)C. The average molecular weight is 601 g/mol. The van der Waals surface area contributed by atoms with E-state index >= 15 is 0 Å². The molecule has 0 N–H and O–H groups in total. The number of para-hydroxylation sites is 1. The second-order valence-corrected chi connectivity index (χ2v) is 13.0. The van der Waals surface area contributed by atoms with Crippen LogP contribution < -0.4 is 0 Å². The first kappa shape index (κ1) is 24.1. The minimum absolute atomic E-state index is 0.119. The fourth-order valence-electron chi connectivity index (χ4n) is 6.65. The molecule has 6 rings (SSSR count). The third-order valence-electron chi connectivity index (χ3n) is 8.68. The first-order chi connectivity index (χ1) is 23.7. The summed E-state index contributed by atoms with van der Waals surface area (Å²) < 4.78 is 59.6. The summed E-state index contributed by atoms with van der Waals surface area (Å²) in [5.41, 5.74) is 7.35. The maximum atomic E-state index is 9.38. The quantitative estimate of drug-likeness (QED) is 0.174. The zero-order valence-corrected chi connectivity index (χ0v) is 27.5. The maximum absolute atomic E-state index is 9.38. The van der Waals surface area contributed by atoms with Crippen molar-refractivity contribution in [1.29, 1.82) is 0 Å². The highest BCUT2D eigenvalue weighted by molar-refractivity contribution is 6.08. The van der Waals surface area contributed by atoms with E-state index in [2.05, 4.69) is 0 Å². The van der Waals surface area contributed by atoms with E-state index < -0.39 is 24.5 Å². The number of rotatable bonds is 8. The van der Waals surface area contributed by atoms with E-state index in [0.29, 0.717) is 33.8 Å². The Hall–Kier alpha value is -4.24. The molecule has 45 heavy (non-hydrogen) atoms. The first-order valence-electron chi connectivity index (χ1n) is 18.8. The lowest BCUT2D eigenvalue weighted by molar-refractivity contribution is 0.385. The second kappa shape index (κ2) is 12.3. The highest BCUT2D eigenvalue weighted by Crippen LogP contribution is 2.42. The molecule has 0 aliphatic carbocycles. The number of aryl methyl sites for hydroxylation is 1. The van der Waals surface area contributed by atoms with Crippen LogP contribution in [0.25, 0.3) is 55.7 Å². The van der Waals surface area contributed by atoms with Crippen LogP contribution in [0.2, 0.25) is 0 Å². The summed E-state index contributed by atoms with van der Waals surface area (Å²) in [5, 5.41) is 1.59. The van der Waals surface area contributed by atoms with Gasteiger partial charge in [0.2, 0.25) is 5.71 Å². The molecule has 3 nitrogen and oxygen atoms in total. The summed E-state index contributed by atoms with van der Waals surface area (Å²) in [7, 11) is 0. The molecular weight excluding hydrogens is 548 g/mol. The molecule has 0 saturated carbocycles. The van der Waals surface area contributed by atoms with Gasteiger partial charge in [0.15, 0.2) is 0 Å². The maximum Gasteiger partial charge on any atom is 0.227 e. The molecule has 0 radical (unpaired) electrons. The van der Waals surface area contributed by atoms with Crippen LogP contribution in [-0.4, -0.2) is 9.97 Å². The molecule has 0 bridgehead atoms. The van der Waals surface area contributed by atoms with Crippen LogP contribution >= 0.6 is 0 Å². The zero-order valence-electron chi connectivity index (χ0n) is 33.5. The Morgan fingerprint density at radius 1 is 0.667 bits per heavy atom. The van der Waals surface area contributed by atoms with Crippen molar-refractivity contribution in [2.24, 2.45) is 11.8 Å². The number of pyridine rings is 2. The normalized spacial score (nSPS) is 15.2. The van der Waals surface area contributed by atoms with Gasteiger partial charge in [-0.15, -0.1) is 0 Å². The minimum Gasteiger partial charge on any atom is -0.437 e. The number of hydrogen-bond acceptors (Lipinski definition) is 3. The van der Waals surface area contributed by atoms with E-state index in [4.69, 9.17) is 18.5 Å². The smallest absolute Gasteiger partial charge is 0.227 e. The van der Waals surface area contributed by atoms with E-state index in [0.717, 1.165) is 38.6 Å². The number of hydrogen-bond donors (Lipinski definition) is 0. The molecule has 3 aromatic heterocycles. The van der Waals surface area contributed by atoms with Crippen LogP contribution in [0.3, 0.4) is 0 Å². The highest BCUT2D eigenvalue weighted by Gasteiger charge is 2.24. The van der Waals surface area contributed by atoms with Crippen molar-refractivity contribution in [3.8, 4) is 33.6 Å². The molecule has 0 aliphatic heterocycles. The molecular formula is C42H46N2O. The van der Waals surface area contributed by atoms with Crippen LogP contribution in [0.5, 0.6) is 0 Å². The Labute approximate surface area is 277 Å². The molecule has 0 spiro atoms. The monoisotopic (exact) mass is 600 g/mol. The van der Waals surface area contributed by atoms with Gasteiger partial charge in [0, 0.05) is 36.3 Å². The topological polar surface area (TPSA) is 38.9 Å². The fourth-order valence-corrected chi connectivity index (χ4v) is 6.65. The average Bonchev–Trinajstić information content (AvgIpc) is 3.44. The van der Waals surface area contributed by atoms with Gasteiger partial charge in [-0.2, -0.15) is 0 Å². The molecule has 6 aromatic rings. The second-order valence-electron chi connectivity index (χ2n) is 13.0. The van der Waals surface area contributed by atoms with E-state index in [1.54, 1.807) is 12.3 Å². The fraction of sp³-hybridized carbons (Fsp3) is 0.333. The highest BCUT2D eigenvalue weighted by atomic mass is 16.3. The van der Waals surface area contributed by atoms with Crippen molar-refractivity contribution in [2.75, 3.05) is 0 Å². The third kappa shape index (κ3) is 5.70. The van der Waals surface area contributed by atoms with Crippen molar-refractivity contribution in [2.45, 2.75) is 79.9 Å². The van der Waals surface area contributed by atoms with Crippen LogP contribution in [0.1, 0.15) is 104 Å². The molecule has 0 aliphatic rings. The standard InChI is InChI=1S/C42H46N2O/c1-24(2)34-21-30(29-14-11-10-12-15-29)22-35(25(3)4)40(34)37-19-18-32-31-16-13-17-33(41(31)45-42(32)44-37)38-20-28(9)36(23-43-38)39(26(5)6)27(7)8/h10-27,39H,1-9H3/i9D3,24D,25D,39D. The summed E-state index contributed by atoms with van der Waals surface area (Å²) in [6.45, 7) is 12.7. The Kier molecular flexibility index (Phi) is 6.56. The Bertz CT molecular complexity index is 2200. The van der Waals surface area contributed by atoms with E-state index in [1.165, 1.54) is 0 Å².